The smallest absolute Gasteiger partial charge is 0.263 e. The molecule has 1 saturated carbocycles. The van der Waals surface area contributed by atoms with E-state index in [0.29, 0.717) is 0 Å². The number of aryl methyl sites for hydroxylation is 2. The Hall–Kier alpha value is -1.69. The molecule has 6 heteroatoms. The summed E-state index contributed by atoms with van der Waals surface area (Å²) in [5, 5.41) is 7.54. The van der Waals surface area contributed by atoms with Crippen molar-refractivity contribution in [1.29, 1.82) is 0 Å². The number of H-pyrrole nitrogens is 1. The number of amides is 1. The fourth-order valence-corrected chi connectivity index (χ4v) is 5.23. The van der Waals surface area contributed by atoms with Gasteiger partial charge in [0.15, 0.2) is 5.82 Å². The third kappa shape index (κ3) is 2.57. The summed E-state index contributed by atoms with van der Waals surface area (Å²) < 4.78 is 0. The third-order valence-electron chi connectivity index (χ3n) is 5.68. The Morgan fingerprint density at radius 1 is 1.42 bits per heavy atom. The van der Waals surface area contributed by atoms with Crippen molar-refractivity contribution in [1.82, 2.24) is 20.1 Å². The van der Waals surface area contributed by atoms with Gasteiger partial charge in [-0.05, 0) is 37.3 Å². The van der Waals surface area contributed by atoms with Crippen molar-refractivity contribution in [3.8, 4) is 0 Å². The molecule has 2 fully saturated rings. The molecular formula is C18H24N4OS. The average molecular weight is 344 g/mol. The van der Waals surface area contributed by atoms with E-state index >= 15 is 0 Å². The summed E-state index contributed by atoms with van der Waals surface area (Å²) in [5.74, 6) is 2.29. The van der Waals surface area contributed by atoms with Crippen LogP contribution >= 0.6 is 11.3 Å². The van der Waals surface area contributed by atoms with E-state index in [2.05, 4.69) is 17.1 Å². The molecular weight excluding hydrogens is 320 g/mol. The summed E-state index contributed by atoms with van der Waals surface area (Å²) in [5.41, 5.74) is 0.176. The van der Waals surface area contributed by atoms with Gasteiger partial charge >= 0.3 is 0 Å². The first-order valence-corrected chi connectivity index (χ1v) is 9.70. The van der Waals surface area contributed by atoms with E-state index < -0.39 is 0 Å². The van der Waals surface area contributed by atoms with Crippen LogP contribution in [0.2, 0.25) is 0 Å². The fourth-order valence-electron chi connectivity index (χ4n) is 4.39. The molecule has 1 aliphatic heterocycles. The predicted octanol–water partition coefficient (Wildman–Crippen LogP) is 3.54. The lowest BCUT2D eigenvalue weighted by atomic mass is 9.76. The highest BCUT2D eigenvalue weighted by atomic mass is 32.1. The fraction of sp³-hybridized carbons (Fsp3) is 0.611. The minimum atomic E-state index is 0.174. The summed E-state index contributed by atoms with van der Waals surface area (Å²) in [4.78, 5) is 21.7. The molecule has 1 aliphatic carbocycles. The van der Waals surface area contributed by atoms with Crippen LogP contribution in [0.1, 0.15) is 64.7 Å². The maximum Gasteiger partial charge on any atom is 0.263 e. The Balaban J connectivity index is 1.62. The van der Waals surface area contributed by atoms with Crippen LogP contribution < -0.4 is 0 Å². The van der Waals surface area contributed by atoms with E-state index in [4.69, 9.17) is 4.98 Å². The monoisotopic (exact) mass is 344 g/mol. The van der Waals surface area contributed by atoms with Gasteiger partial charge < -0.3 is 4.90 Å². The van der Waals surface area contributed by atoms with Crippen molar-refractivity contribution < 1.29 is 4.79 Å². The molecule has 2 aliphatic rings. The largest absolute Gasteiger partial charge is 0.337 e. The molecule has 0 radical (unpaired) electrons. The van der Waals surface area contributed by atoms with Gasteiger partial charge in [0.2, 0.25) is 0 Å². The first-order chi connectivity index (χ1) is 11.6. The second-order valence-electron chi connectivity index (χ2n) is 7.21. The molecule has 3 heterocycles. The lowest BCUT2D eigenvalue weighted by Crippen LogP contribution is -2.30. The molecule has 0 aromatic carbocycles. The summed E-state index contributed by atoms with van der Waals surface area (Å²) >= 11 is 1.59. The van der Waals surface area contributed by atoms with Crippen molar-refractivity contribution in [2.75, 3.05) is 13.1 Å². The van der Waals surface area contributed by atoms with Gasteiger partial charge in [-0.1, -0.05) is 19.8 Å². The minimum absolute atomic E-state index is 0.174. The van der Waals surface area contributed by atoms with Crippen molar-refractivity contribution in [2.45, 2.75) is 51.9 Å². The van der Waals surface area contributed by atoms with Crippen LogP contribution in [0.15, 0.2) is 12.1 Å². The van der Waals surface area contributed by atoms with Crippen LogP contribution in [-0.4, -0.2) is 39.1 Å². The molecule has 4 rings (SSSR count). The number of thiophene rings is 1. The Morgan fingerprint density at radius 2 is 2.21 bits per heavy atom. The molecule has 1 amide bonds. The first-order valence-electron chi connectivity index (χ1n) is 8.88. The van der Waals surface area contributed by atoms with Gasteiger partial charge in [-0.3, -0.25) is 9.89 Å². The zero-order chi connectivity index (χ0) is 16.7. The lowest BCUT2D eigenvalue weighted by Gasteiger charge is -2.27. The standard InChI is InChI=1S/C18H24N4OS/c1-3-15-19-16(21-20-15)13-10-22(11-18(13)8-4-5-9-18)17(23)14-7-6-12(2)24-14/h6-7,13H,3-5,8-11H2,1-2H3,(H,19,20,21). The molecule has 1 atom stereocenters. The molecule has 1 saturated heterocycles. The lowest BCUT2D eigenvalue weighted by molar-refractivity contribution is 0.0778. The highest BCUT2D eigenvalue weighted by Gasteiger charge is 2.51. The van der Waals surface area contributed by atoms with Crippen LogP contribution in [0, 0.1) is 12.3 Å². The summed E-state index contributed by atoms with van der Waals surface area (Å²) in [6, 6.07) is 3.98. The number of hydrogen-bond donors (Lipinski definition) is 1. The molecule has 1 spiro atoms. The number of likely N-dealkylation sites (tertiary alicyclic amines) is 1. The molecule has 24 heavy (non-hydrogen) atoms. The van der Waals surface area contributed by atoms with Gasteiger partial charge in [-0.15, -0.1) is 11.3 Å². The average Bonchev–Trinajstić information content (AvgIpc) is 3.35. The molecule has 2 aromatic heterocycles. The number of nitrogens with zero attached hydrogens (tertiary/aromatic N) is 3. The molecule has 128 valence electrons. The van der Waals surface area contributed by atoms with Gasteiger partial charge in [-0.2, -0.15) is 5.10 Å². The van der Waals surface area contributed by atoms with Crippen molar-refractivity contribution in [3.05, 3.63) is 33.5 Å². The highest BCUT2D eigenvalue weighted by Crippen LogP contribution is 2.53. The van der Waals surface area contributed by atoms with Gasteiger partial charge in [0, 0.05) is 30.3 Å². The third-order valence-corrected chi connectivity index (χ3v) is 6.67. The van der Waals surface area contributed by atoms with Crippen LogP contribution in [0.4, 0.5) is 0 Å². The molecule has 0 bridgehead atoms. The quantitative estimate of drug-likeness (QED) is 0.926. The number of aromatic nitrogens is 3. The normalized spacial score (nSPS) is 22.6. The number of carbonyl (C=O) groups excluding carboxylic acids is 1. The van der Waals surface area contributed by atoms with Gasteiger partial charge in [0.1, 0.15) is 5.82 Å². The maximum absolute atomic E-state index is 12.9. The molecule has 1 N–H and O–H groups in total. The van der Waals surface area contributed by atoms with E-state index in [1.807, 2.05) is 24.0 Å². The van der Waals surface area contributed by atoms with Crippen molar-refractivity contribution in [3.63, 3.8) is 0 Å². The van der Waals surface area contributed by atoms with Crippen molar-refractivity contribution in [2.24, 2.45) is 5.41 Å². The van der Waals surface area contributed by atoms with Crippen LogP contribution in [0.3, 0.4) is 0 Å². The predicted molar refractivity (Wildman–Crippen MR) is 94.4 cm³/mol. The Labute approximate surface area is 146 Å². The summed E-state index contributed by atoms with van der Waals surface area (Å²) in [7, 11) is 0. The summed E-state index contributed by atoms with van der Waals surface area (Å²) in [6.07, 6.45) is 5.73. The van der Waals surface area contributed by atoms with E-state index in [0.717, 1.165) is 36.0 Å². The highest BCUT2D eigenvalue weighted by molar-refractivity contribution is 7.13. The van der Waals surface area contributed by atoms with E-state index in [1.165, 1.54) is 30.6 Å². The number of carbonyl (C=O) groups is 1. The number of hydrogen-bond acceptors (Lipinski definition) is 4. The molecule has 2 aromatic rings. The minimum Gasteiger partial charge on any atom is -0.337 e. The Bertz CT molecular complexity index is 744. The number of aromatic amines is 1. The van der Waals surface area contributed by atoms with Crippen LogP contribution in [0.5, 0.6) is 0 Å². The van der Waals surface area contributed by atoms with Crippen molar-refractivity contribution >= 4 is 17.2 Å². The molecule has 1 unspecified atom stereocenters. The number of nitrogens with one attached hydrogen (secondary N) is 1. The number of rotatable bonds is 3. The van der Waals surface area contributed by atoms with E-state index in [-0.39, 0.29) is 17.2 Å². The van der Waals surface area contributed by atoms with E-state index in [9.17, 15) is 4.79 Å². The second kappa shape index (κ2) is 5.99. The van der Waals surface area contributed by atoms with Gasteiger partial charge in [-0.25, -0.2) is 4.98 Å². The van der Waals surface area contributed by atoms with E-state index in [1.54, 1.807) is 11.3 Å². The summed E-state index contributed by atoms with van der Waals surface area (Å²) in [6.45, 7) is 5.73. The first kappa shape index (κ1) is 15.8. The Morgan fingerprint density at radius 3 is 2.83 bits per heavy atom. The maximum atomic E-state index is 12.9. The van der Waals surface area contributed by atoms with Crippen LogP contribution in [0.25, 0.3) is 0 Å². The topological polar surface area (TPSA) is 61.9 Å². The second-order valence-corrected chi connectivity index (χ2v) is 8.50. The SMILES string of the molecule is CCc1nc(C2CN(C(=O)c3ccc(C)s3)CC23CCCC3)n[nH]1. The zero-order valence-electron chi connectivity index (χ0n) is 14.3. The zero-order valence-corrected chi connectivity index (χ0v) is 15.2. The van der Waals surface area contributed by atoms with Gasteiger partial charge in [0.05, 0.1) is 4.88 Å². The molecule has 5 nitrogen and oxygen atoms in total. The van der Waals surface area contributed by atoms with Crippen LogP contribution in [-0.2, 0) is 6.42 Å². The Kier molecular flexibility index (Phi) is 3.95. The van der Waals surface area contributed by atoms with Gasteiger partial charge in [0.25, 0.3) is 5.91 Å².